The molecular formula is C14H24IN3O3S. The minimum Gasteiger partial charge on any atom is -0.492 e. The van der Waals surface area contributed by atoms with Gasteiger partial charge in [-0.2, -0.15) is 0 Å². The highest BCUT2D eigenvalue weighted by atomic mass is 127. The van der Waals surface area contributed by atoms with Crippen molar-refractivity contribution >= 4 is 39.8 Å². The fraction of sp³-hybridized carbons (Fsp3) is 0.500. The van der Waals surface area contributed by atoms with Gasteiger partial charge >= 0.3 is 0 Å². The summed E-state index contributed by atoms with van der Waals surface area (Å²) in [6.07, 6.45) is 1.17. The molecule has 0 heterocycles. The predicted molar refractivity (Wildman–Crippen MR) is 99.8 cm³/mol. The highest BCUT2D eigenvalue weighted by molar-refractivity contribution is 14.0. The number of hydrogen-bond acceptors (Lipinski definition) is 4. The highest BCUT2D eigenvalue weighted by Gasteiger charge is 2.06. The van der Waals surface area contributed by atoms with Gasteiger partial charge in [-0.15, -0.1) is 24.0 Å². The Balaban J connectivity index is 0.00000441. The van der Waals surface area contributed by atoms with Crippen molar-refractivity contribution < 1.29 is 13.2 Å². The Morgan fingerprint density at radius 1 is 1.32 bits per heavy atom. The Morgan fingerprint density at radius 2 is 1.91 bits per heavy atom. The van der Waals surface area contributed by atoms with E-state index in [-0.39, 0.29) is 28.9 Å². The first kappa shape index (κ1) is 21.0. The largest absolute Gasteiger partial charge is 0.492 e. The van der Waals surface area contributed by atoms with Crippen LogP contribution in [0.3, 0.4) is 0 Å². The molecule has 0 spiro atoms. The molecule has 8 heteroatoms. The van der Waals surface area contributed by atoms with E-state index in [0.29, 0.717) is 37.3 Å². The molecule has 22 heavy (non-hydrogen) atoms. The van der Waals surface area contributed by atoms with Crippen molar-refractivity contribution in [3.63, 3.8) is 0 Å². The molecule has 1 rings (SSSR count). The number of nitrogens with zero attached hydrogens (tertiary/aromatic N) is 1. The summed E-state index contributed by atoms with van der Waals surface area (Å²) in [5.74, 6) is 1.48. The van der Waals surface area contributed by atoms with Gasteiger partial charge in [0.1, 0.15) is 12.4 Å². The van der Waals surface area contributed by atoms with Gasteiger partial charge in [-0.3, -0.25) is 4.99 Å². The van der Waals surface area contributed by atoms with Crippen molar-refractivity contribution in [2.24, 2.45) is 16.6 Å². The van der Waals surface area contributed by atoms with Crippen LogP contribution in [0.15, 0.2) is 34.2 Å². The van der Waals surface area contributed by atoms with Crippen molar-refractivity contribution in [2.75, 3.05) is 26.0 Å². The van der Waals surface area contributed by atoms with Gasteiger partial charge in [0.2, 0.25) is 0 Å². The van der Waals surface area contributed by atoms with Crippen LogP contribution >= 0.6 is 24.0 Å². The first-order valence-corrected chi connectivity index (χ1v) is 8.65. The van der Waals surface area contributed by atoms with E-state index >= 15 is 0 Å². The first-order chi connectivity index (χ1) is 9.79. The van der Waals surface area contributed by atoms with Crippen molar-refractivity contribution in [3.8, 4) is 5.75 Å². The average molecular weight is 441 g/mol. The second-order valence-electron chi connectivity index (χ2n) is 5.14. The summed E-state index contributed by atoms with van der Waals surface area (Å²) in [4.78, 5) is 4.44. The first-order valence-electron chi connectivity index (χ1n) is 6.75. The van der Waals surface area contributed by atoms with Gasteiger partial charge in [-0.05, 0) is 30.2 Å². The third kappa shape index (κ3) is 8.42. The molecule has 6 nitrogen and oxygen atoms in total. The van der Waals surface area contributed by atoms with Crippen LogP contribution in [0.4, 0.5) is 0 Å². The monoisotopic (exact) mass is 441 g/mol. The van der Waals surface area contributed by atoms with E-state index in [1.807, 2.05) is 0 Å². The number of nitrogens with one attached hydrogen (secondary N) is 1. The van der Waals surface area contributed by atoms with Crippen molar-refractivity contribution in [2.45, 2.75) is 18.7 Å². The number of guanidine groups is 1. The van der Waals surface area contributed by atoms with Gasteiger partial charge in [-0.1, -0.05) is 13.8 Å². The lowest BCUT2D eigenvalue weighted by molar-refractivity contribution is 0.322. The molecule has 1 aromatic rings. The maximum atomic E-state index is 11.3. The molecule has 0 aliphatic heterocycles. The molecule has 0 radical (unpaired) electrons. The molecule has 3 N–H and O–H groups in total. The number of aliphatic imine (C=N–C) groups is 1. The van der Waals surface area contributed by atoms with E-state index < -0.39 is 9.84 Å². The summed E-state index contributed by atoms with van der Waals surface area (Å²) in [6, 6.07) is 6.31. The zero-order valence-corrected chi connectivity index (χ0v) is 16.2. The number of ether oxygens (including phenoxy) is 1. The van der Waals surface area contributed by atoms with Crippen LogP contribution in [0.1, 0.15) is 13.8 Å². The zero-order valence-electron chi connectivity index (χ0n) is 13.1. The molecule has 0 amide bonds. The molecule has 0 aliphatic rings. The fourth-order valence-electron chi connectivity index (χ4n) is 1.47. The molecular weight excluding hydrogens is 417 g/mol. The van der Waals surface area contributed by atoms with Gasteiger partial charge in [0.05, 0.1) is 11.4 Å². The minimum atomic E-state index is -3.17. The number of sulfone groups is 1. The Bertz CT molecular complexity index is 572. The topological polar surface area (TPSA) is 93.8 Å². The van der Waals surface area contributed by atoms with Crippen molar-refractivity contribution in [3.05, 3.63) is 24.3 Å². The maximum absolute atomic E-state index is 11.3. The molecule has 1 aromatic carbocycles. The van der Waals surface area contributed by atoms with E-state index in [1.165, 1.54) is 18.4 Å². The van der Waals surface area contributed by atoms with E-state index in [0.717, 1.165) is 0 Å². The molecule has 0 bridgehead atoms. The van der Waals surface area contributed by atoms with Gasteiger partial charge in [0.15, 0.2) is 15.8 Å². The van der Waals surface area contributed by atoms with Crippen molar-refractivity contribution in [1.29, 1.82) is 0 Å². The molecule has 0 saturated heterocycles. The predicted octanol–water partition coefficient (Wildman–Crippen LogP) is 1.65. The second kappa shape index (κ2) is 9.88. The average Bonchev–Trinajstić information content (AvgIpc) is 2.41. The Morgan fingerprint density at radius 3 is 2.41 bits per heavy atom. The minimum absolute atomic E-state index is 0. The summed E-state index contributed by atoms with van der Waals surface area (Å²) < 4.78 is 28.1. The standard InChI is InChI=1S/C14H23N3O3S.HI/c1-11(2)10-17-14(15)16-8-9-20-12-4-6-13(7-5-12)21(3,18)19;/h4-7,11H,8-10H2,1-3H3,(H3,15,16,17);1H. The maximum Gasteiger partial charge on any atom is 0.188 e. The van der Waals surface area contributed by atoms with Gasteiger partial charge < -0.3 is 15.8 Å². The molecule has 0 atom stereocenters. The van der Waals surface area contributed by atoms with E-state index in [4.69, 9.17) is 10.5 Å². The third-order valence-electron chi connectivity index (χ3n) is 2.56. The summed E-state index contributed by atoms with van der Waals surface area (Å²) in [5, 5.41) is 2.95. The van der Waals surface area contributed by atoms with Crippen molar-refractivity contribution in [1.82, 2.24) is 5.32 Å². The van der Waals surface area contributed by atoms with E-state index in [1.54, 1.807) is 12.1 Å². The van der Waals surface area contributed by atoms with Crippen LogP contribution in [0.5, 0.6) is 5.75 Å². The van der Waals surface area contributed by atoms with E-state index in [2.05, 4.69) is 24.2 Å². The highest BCUT2D eigenvalue weighted by Crippen LogP contribution is 2.15. The molecule has 0 saturated carbocycles. The summed E-state index contributed by atoms with van der Waals surface area (Å²) in [6.45, 7) is 5.77. The lowest BCUT2D eigenvalue weighted by atomic mass is 10.2. The van der Waals surface area contributed by atoms with Crippen LogP contribution in [0.25, 0.3) is 0 Å². The summed E-state index contributed by atoms with van der Waals surface area (Å²) >= 11 is 0. The zero-order chi connectivity index (χ0) is 15.9. The molecule has 126 valence electrons. The van der Waals surface area contributed by atoms with Crippen LogP contribution in [0.2, 0.25) is 0 Å². The number of benzene rings is 1. The molecule has 0 aliphatic carbocycles. The Labute approximate surface area is 149 Å². The second-order valence-corrected chi connectivity index (χ2v) is 7.15. The Kier molecular flexibility index (Phi) is 9.42. The van der Waals surface area contributed by atoms with Crippen LogP contribution < -0.4 is 15.8 Å². The van der Waals surface area contributed by atoms with Crippen LogP contribution in [-0.4, -0.2) is 40.3 Å². The normalized spacial score (nSPS) is 11.9. The quantitative estimate of drug-likeness (QED) is 0.291. The lowest BCUT2D eigenvalue weighted by Crippen LogP contribution is -2.35. The summed E-state index contributed by atoms with van der Waals surface area (Å²) in [5.41, 5.74) is 5.69. The molecule has 0 aromatic heterocycles. The Hall–Kier alpha value is -1.03. The lowest BCUT2D eigenvalue weighted by Gasteiger charge is -2.09. The number of halogens is 1. The fourth-order valence-corrected chi connectivity index (χ4v) is 2.10. The smallest absolute Gasteiger partial charge is 0.188 e. The number of hydrogen-bond donors (Lipinski definition) is 2. The number of rotatable bonds is 7. The van der Waals surface area contributed by atoms with Crippen LogP contribution in [0, 0.1) is 5.92 Å². The van der Waals surface area contributed by atoms with Gasteiger partial charge in [-0.25, -0.2) is 8.42 Å². The molecule has 0 unspecified atom stereocenters. The van der Waals surface area contributed by atoms with E-state index in [9.17, 15) is 8.42 Å². The third-order valence-corrected chi connectivity index (χ3v) is 3.68. The summed E-state index contributed by atoms with van der Waals surface area (Å²) in [7, 11) is -3.17. The van der Waals surface area contributed by atoms with Gasteiger partial charge in [0.25, 0.3) is 0 Å². The molecule has 0 fully saturated rings. The SMILES string of the molecule is CC(C)CN=C(N)NCCOc1ccc(S(C)(=O)=O)cc1.I. The number of nitrogens with two attached hydrogens (primary N) is 1. The van der Waals surface area contributed by atoms with Gasteiger partial charge in [0, 0.05) is 12.8 Å². The van der Waals surface area contributed by atoms with Crippen LogP contribution in [-0.2, 0) is 9.84 Å².